The summed E-state index contributed by atoms with van der Waals surface area (Å²) in [6.45, 7) is 4.35. The lowest BCUT2D eigenvalue weighted by Gasteiger charge is -2.12. The highest BCUT2D eigenvalue weighted by Crippen LogP contribution is 2.26. The van der Waals surface area contributed by atoms with Crippen LogP contribution < -0.4 is 15.4 Å². The standard InChI is InChI=1S/C20H19ClN4O2/c1-3-27-18-7-5-4-6-15(18)24-20-22-11-10-16(25-20)19(26)23-17-12-14(21)9-8-13(17)2/h4-12H,3H2,1-2H3,(H,23,26)(H,22,24,25). The van der Waals surface area contributed by atoms with Crippen LogP contribution in [0.2, 0.25) is 5.02 Å². The number of ether oxygens (including phenoxy) is 1. The van der Waals surface area contributed by atoms with Gasteiger partial charge in [-0.1, -0.05) is 29.8 Å². The highest BCUT2D eigenvalue weighted by Gasteiger charge is 2.12. The van der Waals surface area contributed by atoms with E-state index >= 15 is 0 Å². The molecule has 0 saturated carbocycles. The molecule has 138 valence electrons. The van der Waals surface area contributed by atoms with Crippen molar-refractivity contribution in [3.05, 3.63) is 71.0 Å². The number of rotatable bonds is 6. The zero-order valence-corrected chi connectivity index (χ0v) is 15.7. The summed E-state index contributed by atoms with van der Waals surface area (Å²) in [4.78, 5) is 21.0. The average molecular weight is 383 g/mol. The molecule has 3 rings (SSSR count). The molecule has 2 aromatic carbocycles. The molecule has 27 heavy (non-hydrogen) atoms. The zero-order chi connectivity index (χ0) is 19.2. The van der Waals surface area contributed by atoms with E-state index in [-0.39, 0.29) is 11.6 Å². The smallest absolute Gasteiger partial charge is 0.274 e. The molecule has 6 nitrogen and oxygen atoms in total. The predicted octanol–water partition coefficient (Wildman–Crippen LogP) is 4.83. The number of hydrogen-bond donors (Lipinski definition) is 2. The second-order valence-electron chi connectivity index (χ2n) is 5.73. The maximum absolute atomic E-state index is 12.6. The number of carbonyl (C=O) groups is 1. The van der Waals surface area contributed by atoms with E-state index in [1.807, 2.05) is 44.2 Å². The maximum atomic E-state index is 12.6. The number of aryl methyl sites for hydroxylation is 1. The zero-order valence-electron chi connectivity index (χ0n) is 15.0. The van der Waals surface area contributed by atoms with E-state index in [1.165, 1.54) is 6.20 Å². The summed E-state index contributed by atoms with van der Waals surface area (Å²) in [5.41, 5.74) is 2.51. The molecule has 0 unspecified atom stereocenters. The second-order valence-corrected chi connectivity index (χ2v) is 6.17. The number of para-hydroxylation sites is 2. The van der Waals surface area contributed by atoms with Crippen LogP contribution in [0.15, 0.2) is 54.7 Å². The fraction of sp³-hybridized carbons (Fsp3) is 0.150. The van der Waals surface area contributed by atoms with Crippen LogP contribution in [0.1, 0.15) is 23.0 Å². The molecule has 0 bridgehead atoms. The monoisotopic (exact) mass is 382 g/mol. The Labute approximate surface area is 162 Å². The number of aromatic nitrogens is 2. The van der Waals surface area contributed by atoms with Crippen molar-refractivity contribution in [3.8, 4) is 5.75 Å². The number of anilines is 3. The number of nitrogens with one attached hydrogen (secondary N) is 2. The molecule has 0 aliphatic rings. The molecule has 1 aromatic heterocycles. The normalized spacial score (nSPS) is 10.3. The van der Waals surface area contributed by atoms with Crippen LogP contribution in [0.25, 0.3) is 0 Å². The Hall–Kier alpha value is -3.12. The minimum Gasteiger partial charge on any atom is -0.492 e. The number of amides is 1. The van der Waals surface area contributed by atoms with E-state index in [9.17, 15) is 4.79 Å². The summed E-state index contributed by atoms with van der Waals surface area (Å²) in [6, 6.07) is 14.3. The first kappa shape index (κ1) is 18.7. The van der Waals surface area contributed by atoms with Crippen molar-refractivity contribution in [2.45, 2.75) is 13.8 Å². The molecule has 0 aliphatic carbocycles. The molecule has 0 fully saturated rings. The summed E-state index contributed by atoms with van der Waals surface area (Å²) >= 11 is 6.00. The lowest BCUT2D eigenvalue weighted by molar-refractivity contribution is 0.102. The number of nitrogens with zero attached hydrogens (tertiary/aromatic N) is 2. The van der Waals surface area contributed by atoms with Gasteiger partial charge in [0.1, 0.15) is 11.4 Å². The van der Waals surface area contributed by atoms with Crippen molar-refractivity contribution in [2.24, 2.45) is 0 Å². The van der Waals surface area contributed by atoms with Crippen LogP contribution in [-0.2, 0) is 0 Å². The summed E-state index contributed by atoms with van der Waals surface area (Å²) < 4.78 is 5.58. The Bertz CT molecular complexity index is 962. The molecule has 0 saturated heterocycles. The van der Waals surface area contributed by atoms with Crippen molar-refractivity contribution in [2.75, 3.05) is 17.2 Å². The summed E-state index contributed by atoms with van der Waals surface area (Å²) in [6.07, 6.45) is 1.53. The molecule has 3 aromatic rings. The molecule has 0 atom stereocenters. The maximum Gasteiger partial charge on any atom is 0.274 e. The SMILES string of the molecule is CCOc1ccccc1Nc1nccc(C(=O)Nc2cc(Cl)ccc2C)n1. The van der Waals surface area contributed by atoms with E-state index < -0.39 is 0 Å². The van der Waals surface area contributed by atoms with Gasteiger partial charge in [-0.2, -0.15) is 0 Å². The molecule has 1 amide bonds. The van der Waals surface area contributed by atoms with E-state index in [0.717, 1.165) is 11.3 Å². The van der Waals surface area contributed by atoms with E-state index in [4.69, 9.17) is 16.3 Å². The Balaban J connectivity index is 1.79. The summed E-state index contributed by atoms with van der Waals surface area (Å²) in [7, 11) is 0. The molecule has 0 aliphatic heterocycles. The van der Waals surface area contributed by atoms with Gasteiger partial charge in [-0.3, -0.25) is 4.79 Å². The predicted molar refractivity (Wildman–Crippen MR) is 107 cm³/mol. The summed E-state index contributed by atoms with van der Waals surface area (Å²) in [5, 5.41) is 6.46. The molecular weight excluding hydrogens is 364 g/mol. The lowest BCUT2D eigenvalue weighted by atomic mass is 10.2. The fourth-order valence-electron chi connectivity index (χ4n) is 2.43. The van der Waals surface area contributed by atoms with Crippen LogP contribution >= 0.6 is 11.6 Å². The molecule has 1 heterocycles. The minimum atomic E-state index is -0.344. The van der Waals surface area contributed by atoms with Gasteiger partial charge in [0.15, 0.2) is 0 Å². The van der Waals surface area contributed by atoms with Gasteiger partial charge >= 0.3 is 0 Å². The van der Waals surface area contributed by atoms with Crippen LogP contribution in [0.5, 0.6) is 5.75 Å². The van der Waals surface area contributed by atoms with Gasteiger partial charge in [-0.15, -0.1) is 0 Å². The lowest BCUT2D eigenvalue weighted by Crippen LogP contribution is -2.15. The van der Waals surface area contributed by atoms with Crippen LogP contribution in [0.4, 0.5) is 17.3 Å². The third kappa shape index (κ3) is 4.74. The third-order valence-corrected chi connectivity index (χ3v) is 4.00. The molecule has 7 heteroatoms. The third-order valence-electron chi connectivity index (χ3n) is 3.77. The summed E-state index contributed by atoms with van der Waals surface area (Å²) in [5.74, 6) is 0.648. The van der Waals surface area contributed by atoms with Crippen molar-refractivity contribution in [3.63, 3.8) is 0 Å². The first-order chi connectivity index (χ1) is 13.1. The number of benzene rings is 2. The van der Waals surface area contributed by atoms with Gasteiger partial charge in [-0.25, -0.2) is 9.97 Å². The molecular formula is C20H19ClN4O2. The van der Waals surface area contributed by atoms with E-state index in [0.29, 0.717) is 29.0 Å². The van der Waals surface area contributed by atoms with Gasteiger partial charge in [-0.05, 0) is 49.7 Å². The van der Waals surface area contributed by atoms with Gasteiger partial charge in [0.05, 0.1) is 12.3 Å². The number of halogens is 1. The first-order valence-electron chi connectivity index (χ1n) is 8.46. The van der Waals surface area contributed by atoms with Gasteiger partial charge in [0.2, 0.25) is 5.95 Å². The Morgan fingerprint density at radius 1 is 1.15 bits per heavy atom. The van der Waals surface area contributed by atoms with Crippen LogP contribution in [0.3, 0.4) is 0 Å². The van der Waals surface area contributed by atoms with Crippen LogP contribution in [-0.4, -0.2) is 22.5 Å². The van der Waals surface area contributed by atoms with Crippen molar-refractivity contribution < 1.29 is 9.53 Å². The number of hydrogen-bond acceptors (Lipinski definition) is 5. The van der Waals surface area contributed by atoms with Crippen molar-refractivity contribution >= 4 is 34.8 Å². The molecule has 0 radical (unpaired) electrons. The highest BCUT2D eigenvalue weighted by molar-refractivity contribution is 6.31. The Morgan fingerprint density at radius 3 is 2.78 bits per heavy atom. The minimum absolute atomic E-state index is 0.237. The highest BCUT2D eigenvalue weighted by atomic mass is 35.5. The van der Waals surface area contributed by atoms with E-state index in [1.54, 1.807) is 18.2 Å². The van der Waals surface area contributed by atoms with Gasteiger partial charge in [0.25, 0.3) is 5.91 Å². The topological polar surface area (TPSA) is 76.1 Å². The second kappa shape index (κ2) is 8.51. The van der Waals surface area contributed by atoms with E-state index in [2.05, 4.69) is 20.6 Å². The average Bonchev–Trinajstić information content (AvgIpc) is 2.67. The molecule has 0 spiro atoms. The molecule has 2 N–H and O–H groups in total. The number of carbonyl (C=O) groups excluding carboxylic acids is 1. The van der Waals surface area contributed by atoms with Crippen molar-refractivity contribution in [1.29, 1.82) is 0 Å². The Morgan fingerprint density at radius 2 is 1.96 bits per heavy atom. The quantitative estimate of drug-likeness (QED) is 0.638. The first-order valence-corrected chi connectivity index (χ1v) is 8.84. The van der Waals surface area contributed by atoms with Crippen molar-refractivity contribution in [1.82, 2.24) is 9.97 Å². The van der Waals surface area contributed by atoms with Gasteiger partial charge < -0.3 is 15.4 Å². The van der Waals surface area contributed by atoms with Gasteiger partial charge in [0, 0.05) is 16.9 Å². The Kier molecular flexibility index (Phi) is 5.88. The fourth-order valence-corrected chi connectivity index (χ4v) is 2.60. The largest absolute Gasteiger partial charge is 0.492 e. The van der Waals surface area contributed by atoms with Crippen LogP contribution in [0, 0.1) is 6.92 Å².